The zero-order valence-electron chi connectivity index (χ0n) is 18.0. The zero-order chi connectivity index (χ0) is 22.4. The third-order valence-corrected chi connectivity index (χ3v) is 6.20. The first-order valence-electron chi connectivity index (χ1n) is 9.96. The molecule has 0 fully saturated rings. The largest absolute Gasteiger partial charge is 0.355 e. The number of benzene rings is 2. The fourth-order valence-corrected chi connectivity index (χ4v) is 3.84. The molecule has 0 aliphatic carbocycles. The molecule has 0 bridgehead atoms. The van der Waals surface area contributed by atoms with Crippen LogP contribution in [0.5, 0.6) is 0 Å². The molecule has 30 heavy (non-hydrogen) atoms. The molecule has 2 aromatic carbocycles. The molecule has 0 radical (unpaired) electrons. The predicted molar refractivity (Wildman–Crippen MR) is 118 cm³/mol. The van der Waals surface area contributed by atoms with Crippen LogP contribution in [-0.2, 0) is 20.2 Å². The second kappa shape index (κ2) is 10.00. The van der Waals surface area contributed by atoms with E-state index in [-0.39, 0.29) is 47.9 Å². The number of nitrogens with one attached hydrogen (secondary N) is 2. The van der Waals surface area contributed by atoms with E-state index in [1.54, 1.807) is 36.4 Å². The molecule has 0 aliphatic rings. The summed E-state index contributed by atoms with van der Waals surface area (Å²) >= 11 is 0. The Kier molecular flexibility index (Phi) is 7.92. The molecule has 1 amide bonds. The van der Waals surface area contributed by atoms with Gasteiger partial charge in [-0.05, 0) is 30.0 Å². The molecule has 0 heterocycles. The Morgan fingerprint density at radius 1 is 0.867 bits per heavy atom. The van der Waals surface area contributed by atoms with Gasteiger partial charge in [0.1, 0.15) is 0 Å². The SMILES string of the molecule is Cc1ccc(C(=O)CCC(=O)NCCNS(=O)(=O)c2ccc(C(C)(C)C)cc2)cc1. The van der Waals surface area contributed by atoms with E-state index in [1.165, 1.54) is 0 Å². The first-order valence-corrected chi connectivity index (χ1v) is 11.4. The minimum absolute atomic E-state index is 0.0547. The van der Waals surface area contributed by atoms with Gasteiger partial charge in [-0.2, -0.15) is 0 Å². The summed E-state index contributed by atoms with van der Waals surface area (Å²) in [5.41, 5.74) is 2.64. The lowest BCUT2D eigenvalue weighted by Crippen LogP contribution is -2.34. The Morgan fingerprint density at radius 2 is 1.47 bits per heavy atom. The number of hydrogen-bond acceptors (Lipinski definition) is 4. The van der Waals surface area contributed by atoms with E-state index in [9.17, 15) is 18.0 Å². The highest BCUT2D eigenvalue weighted by atomic mass is 32.2. The lowest BCUT2D eigenvalue weighted by Gasteiger charge is -2.19. The minimum Gasteiger partial charge on any atom is -0.355 e. The molecule has 0 saturated carbocycles. The van der Waals surface area contributed by atoms with E-state index in [0.717, 1.165) is 11.1 Å². The van der Waals surface area contributed by atoms with E-state index in [0.29, 0.717) is 5.56 Å². The van der Waals surface area contributed by atoms with Crippen LogP contribution in [0.25, 0.3) is 0 Å². The van der Waals surface area contributed by atoms with Crippen LogP contribution in [0.1, 0.15) is 55.1 Å². The Morgan fingerprint density at radius 3 is 2.03 bits per heavy atom. The van der Waals surface area contributed by atoms with Crippen molar-refractivity contribution in [2.45, 2.75) is 50.8 Å². The van der Waals surface area contributed by atoms with Gasteiger partial charge in [0.25, 0.3) is 0 Å². The van der Waals surface area contributed by atoms with Gasteiger partial charge < -0.3 is 5.32 Å². The van der Waals surface area contributed by atoms with Crippen LogP contribution in [0.4, 0.5) is 0 Å². The Hall–Kier alpha value is -2.51. The smallest absolute Gasteiger partial charge is 0.240 e. The van der Waals surface area contributed by atoms with E-state index in [4.69, 9.17) is 0 Å². The molecule has 162 valence electrons. The summed E-state index contributed by atoms with van der Waals surface area (Å²) in [5.74, 6) is -0.381. The van der Waals surface area contributed by atoms with Crippen molar-refractivity contribution >= 4 is 21.7 Å². The lowest BCUT2D eigenvalue weighted by molar-refractivity contribution is -0.121. The summed E-state index contributed by atoms with van der Waals surface area (Å²) < 4.78 is 27.2. The van der Waals surface area contributed by atoms with Crippen molar-refractivity contribution in [3.8, 4) is 0 Å². The van der Waals surface area contributed by atoms with Crippen LogP contribution in [-0.4, -0.2) is 33.2 Å². The summed E-state index contributed by atoms with van der Waals surface area (Å²) in [6.45, 7) is 8.35. The van der Waals surface area contributed by atoms with Gasteiger partial charge in [0.15, 0.2) is 5.78 Å². The molecule has 2 rings (SSSR count). The molecule has 0 saturated heterocycles. The number of aryl methyl sites for hydroxylation is 1. The maximum absolute atomic E-state index is 12.4. The highest BCUT2D eigenvalue weighted by Crippen LogP contribution is 2.23. The maximum Gasteiger partial charge on any atom is 0.240 e. The molecule has 7 heteroatoms. The molecular formula is C23H30N2O4S. The topological polar surface area (TPSA) is 92.3 Å². The highest BCUT2D eigenvalue weighted by molar-refractivity contribution is 7.89. The van der Waals surface area contributed by atoms with Crippen molar-refractivity contribution < 1.29 is 18.0 Å². The zero-order valence-corrected chi connectivity index (χ0v) is 18.8. The normalized spacial score (nSPS) is 11.9. The summed E-state index contributed by atoms with van der Waals surface area (Å²) in [4.78, 5) is 24.2. The van der Waals surface area contributed by atoms with Crippen molar-refractivity contribution in [2.24, 2.45) is 0 Å². The van der Waals surface area contributed by atoms with Crippen molar-refractivity contribution in [3.63, 3.8) is 0 Å². The van der Waals surface area contributed by atoms with E-state index < -0.39 is 10.0 Å². The molecule has 0 unspecified atom stereocenters. The summed E-state index contributed by atoms with van der Waals surface area (Å²) in [5, 5.41) is 2.63. The van der Waals surface area contributed by atoms with Crippen molar-refractivity contribution in [1.29, 1.82) is 0 Å². The molecule has 2 aromatic rings. The van der Waals surface area contributed by atoms with E-state index in [2.05, 4.69) is 30.8 Å². The fourth-order valence-electron chi connectivity index (χ4n) is 2.80. The minimum atomic E-state index is -3.64. The number of carbonyl (C=O) groups excluding carboxylic acids is 2. The van der Waals surface area contributed by atoms with Crippen LogP contribution >= 0.6 is 0 Å². The number of rotatable bonds is 9. The number of carbonyl (C=O) groups is 2. The van der Waals surface area contributed by atoms with Crippen LogP contribution < -0.4 is 10.0 Å². The van der Waals surface area contributed by atoms with Crippen LogP contribution in [0.15, 0.2) is 53.4 Å². The van der Waals surface area contributed by atoms with Gasteiger partial charge in [-0.3, -0.25) is 9.59 Å². The van der Waals surface area contributed by atoms with Gasteiger partial charge in [0, 0.05) is 31.5 Å². The van der Waals surface area contributed by atoms with Crippen LogP contribution in [0.3, 0.4) is 0 Å². The number of hydrogen-bond donors (Lipinski definition) is 2. The van der Waals surface area contributed by atoms with E-state index >= 15 is 0 Å². The van der Waals surface area contributed by atoms with Gasteiger partial charge in [-0.1, -0.05) is 62.7 Å². The monoisotopic (exact) mass is 430 g/mol. The van der Waals surface area contributed by atoms with Crippen molar-refractivity contribution in [1.82, 2.24) is 10.0 Å². The quantitative estimate of drug-likeness (QED) is 0.471. The summed E-state index contributed by atoms with van der Waals surface area (Å²) in [7, 11) is -3.64. The molecule has 0 aliphatic heterocycles. The van der Waals surface area contributed by atoms with Crippen molar-refractivity contribution in [3.05, 3.63) is 65.2 Å². The van der Waals surface area contributed by atoms with Gasteiger partial charge in [-0.15, -0.1) is 0 Å². The first kappa shape index (κ1) is 23.8. The molecule has 0 atom stereocenters. The number of ketones is 1. The molecule has 2 N–H and O–H groups in total. The van der Waals surface area contributed by atoms with Gasteiger partial charge in [-0.25, -0.2) is 13.1 Å². The van der Waals surface area contributed by atoms with Gasteiger partial charge >= 0.3 is 0 Å². The predicted octanol–water partition coefficient (Wildman–Crippen LogP) is 3.35. The van der Waals surface area contributed by atoms with E-state index in [1.807, 2.05) is 19.1 Å². The lowest BCUT2D eigenvalue weighted by atomic mass is 9.87. The average Bonchev–Trinajstić information content (AvgIpc) is 2.69. The molecule has 6 nitrogen and oxygen atoms in total. The molecule has 0 spiro atoms. The average molecular weight is 431 g/mol. The second-order valence-corrected chi connectivity index (χ2v) is 10.1. The summed E-state index contributed by atoms with van der Waals surface area (Å²) in [6, 6.07) is 14.0. The summed E-state index contributed by atoms with van der Waals surface area (Å²) in [6.07, 6.45) is 0.175. The van der Waals surface area contributed by atoms with Crippen molar-refractivity contribution in [2.75, 3.05) is 13.1 Å². The van der Waals surface area contributed by atoms with Gasteiger partial charge in [0.05, 0.1) is 4.90 Å². The Balaban J connectivity index is 1.75. The Labute approximate surface area is 179 Å². The van der Waals surface area contributed by atoms with Gasteiger partial charge in [0.2, 0.25) is 15.9 Å². The maximum atomic E-state index is 12.4. The van der Waals surface area contributed by atoms with Crippen LogP contribution in [0, 0.1) is 6.92 Å². The second-order valence-electron chi connectivity index (χ2n) is 8.31. The number of sulfonamides is 1. The number of amides is 1. The fraction of sp³-hybridized carbons (Fsp3) is 0.391. The highest BCUT2D eigenvalue weighted by Gasteiger charge is 2.17. The standard InChI is InChI=1S/C23H30N2O4S/c1-17-5-7-18(8-6-17)21(26)13-14-22(27)24-15-16-25-30(28,29)20-11-9-19(10-12-20)23(2,3)4/h5-12,25H,13-16H2,1-4H3,(H,24,27). The third kappa shape index (κ3) is 7.07. The van der Waals surface area contributed by atoms with Crippen LogP contribution in [0.2, 0.25) is 0 Å². The first-order chi connectivity index (χ1) is 14.0. The molecule has 0 aromatic heterocycles. The Bertz CT molecular complexity index is 973. The third-order valence-electron chi connectivity index (χ3n) is 4.72. The number of Topliss-reactive ketones (excluding diaryl/α,β-unsaturated/α-hetero) is 1. The molecular weight excluding hydrogens is 400 g/mol.